The predicted molar refractivity (Wildman–Crippen MR) is 91.4 cm³/mol. The van der Waals surface area contributed by atoms with Crippen molar-refractivity contribution in [1.82, 2.24) is 10.6 Å². The maximum atomic E-state index is 5.43. The molecule has 1 rings (SSSR count). The molecule has 5 heteroatoms. The van der Waals surface area contributed by atoms with E-state index < -0.39 is 0 Å². The number of nitrogens with zero attached hydrogens (tertiary/aromatic N) is 1. The third-order valence-electron chi connectivity index (χ3n) is 3.22. The van der Waals surface area contributed by atoms with Crippen molar-refractivity contribution in [2.45, 2.75) is 27.3 Å². The number of aryl methyl sites for hydroxylation is 2. The van der Waals surface area contributed by atoms with Crippen molar-refractivity contribution >= 4 is 5.96 Å². The number of hydrogen-bond acceptors (Lipinski definition) is 3. The Morgan fingerprint density at radius 2 is 1.95 bits per heavy atom. The third-order valence-corrected chi connectivity index (χ3v) is 3.22. The highest BCUT2D eigenvalue weighted by molar-refractivity contribution is 5.79. The maximum Gasteiger partial charge on any atom is 0.191 e. The van der Waals surface area contributed by atoms with Gasteiger partial charge in [-0.05, 0) is 31.9 Å². The zero-order valence-corrected chi connectivity index (χ0v) is 14.2. The minimum atomic E-state index is 0.619. The first kappa shape index (κ1) is 18.5. The lowest BCUT2D eigenvalue weighted by Crippen LogP contribution is -2.39. The molecule has 0 saturated carbocycles. The molecule has 1 aromatic carbocycles. The van der Waals surface area contributed by atoms with Gasteiger partial charge < -0.3 is 20.1 Å². The second-order valence-corrected chi connectivity index (χ2v) is 5.16. The fourth-order valence-electron chi connectivity index (χ4n) is 2.02. The van der Waals surface area contributed by atoms with Gasteiger partial charge in [-0.1, -0.05) is 23.8 Å². The molecular formula is C17H29N3O2. The Morgan fingerprint density at radius 1 is 1.14 bits per heavy atom. The number of nitrogens with one attached hydrogen (secondary N) is 2. The van der Waals surface area contributed by atoms with Crippen LogP contribution in [0.25, 0.3) is 0 Å². The molecule has 0 saturated heterocycles. The van der Waals surface area contributed by atoms with Gasteiger partial charge in [-0.15, -0.1) is 0 Å². The molecule has 0 amide bonds. The number of hydrogen-bond donors (Lipinski definition) is 2. The van der Waals surface area contributed by atoms with E-state index in [4.69, 9.17) is 9.47 Å². The van der Waals surface area contributed by atoms with Crippen molar-refractivity contribution in [1.29, 1.82) is 0 Å². The molecule has 0 aliphatic rings. The quantitative estimate of drug-likeness (QED) is 0.416. The Balaban J connectivity index is 2.44. The predicted octanol–water partition coefficient (Wildman–Crippen LogP) is 2.02. The second-order valence-electron chi connectivity index (χ2n) is 5.16. The average Bonchev–Trinajstić information content (AvgIpc) is 2.49. The van der Waals surface area contributed by atoms with Crippen LogP contribution in [0, 0.1) is 13.8 Å². The summed E-state index contributed by atoms with van der Waals surface area (Å²) in [6.45, 7) is 10.4. The van der Waals surface area contributed by atoms with E-state index in [1.54, 1.807) is 7.11 Å². The third kappa shape index (κ3) is 7.43. The lowest BCUT2D eigenvalue weighted by atomic mass is 10.1. The fraction of sp³-hybridized carbons (Fsp3) is 0.588. The molecule has 0 aromatic heterocycles. The molecule has 0 aliphatic carbocycles. The summed E-state index contributed by atoms with van der Waals surface area (Å²) in [5, 5.41) is 6.52. The van der Waals surface area contributed by atoms with Gasteiger partial charge in [0, 0.05) is 20.2 Å². The van der Waals surface area contributed by atoms with Crippen LogP contribution < -0.4 is 10.6 Å². The molecule has 0 aliphatic heterocycles. The number of benzene rings is 1. The summed E-state index contributed by atoms with van der Waals surface area (Å²) in [7, 11) is 1.67. The van der Waals surface area contributed by atoms with Gasteiger partial charge in [0.2, 0.25) is 0 Å². The van der Waals surface area contributed by atoms with E-state index in [1.807, 2.05) is 0 Å². The lowest BCUT2D eigenvalue weighted by Gasteiger charge is -2.12. The molecule has 0 fully saturated rings. The second kappa shape index (κ2) is 11.0. The van der Waals surface area contributed by atoms with Crippen LogP contribution >= 0.6 is 0 Å². The van der Waals surface area contributed by atoms with E-state index in [0.29, 0.717) is 26.4 Å². The minimum absolute atomic E-state index is 0.619. The summed E-state index contributed by atoms with van der Waals surface area (Å²) in [6.07, 6.45) is 0. The van der Waals surface area contributed by atoms with Crippen molar-refractivity contribution < 1.29 is 9.47 Å². The molecule has 0 spiro atoms. The molecule has 0 bridgehead atoms. The van der Waals surface area contributed by atoms with Gasteiger partial charge in [-0.3, -0.25) is 0 Å². The van der Waals surface area contributed by atoms with Crippen LogP contribution in [-0.2, 0) is 16.0 Å². The van der Waals surface area contributed by atoms with E-state index in [9.17, 15) is 0 Å². The van der Waals surface area contributed by atoms with Gasteiger partial charge in [0.15, 0.2) is 5.96 Å². The number of methoxy groups -OCH3 is 1. The highest BCUT2D eigenvalue weighted by Gasteiger charge is 2.00. The summed E-state index contributed by atoms with van der Waals surface area (Å²) in [5.41, 5.74) is 3.81. The van der Waals surface area contributed by atoms with Gasteiger partial charge >= 0.3 is 0 Å². The molecule has 0 radical (unpaired) electrons. The largest absolute Gasteiger partial charge is 0.382 e. The van der Waals surface area contributed by atoms with Crippen LogP contribution in [0.5, 0.6) is 0 Å². The Labute approximate surface area is 134 Å². The van der Waals surface area contributed by atoms with E-state index in [-0.39, 0.29) is 0 Å². The van der Waals surface area contributed by atoms with Gasteiger partial charge in [-0.2, -0.15) is 0 Å². The van der Waals surface area contributed by atoms with Crippen LogP contribution in [0.15, 0.2) is 23.2 Å². The van der Waals surface area contributed by atoms with Crippen LogP contribution in [0.1, 0.15) is 23.6 Å². The molecule has 2 N–H and O–H groups in total. The Bertz CT molecular complexity index is 461. The molecule has 5 nitrogen and oxygen atoms in total. The van der Waals surface area contributed by atoms with Crippen molar-refractivity contribution in [2.75, 3.05) is 40.0 Å². The normalized spacial score (nSPS) is 11.5. The molecule has 0 unspecified atom stereocenters. The summed E-state index contributed by atoms with van der Waals surface area (Å²) >= 11 is 0. The number of guanidine groups is 1. The smallest absolute Gasteiger partial charge is 0.191 e. The van der Waals surface area contributed by atoms with Gasteiger partial charge in [0.05, 0.1) is 26.4 Å². The van der Waals surface area contributed by atoms with Crippen LogP contribution in [0.3, 0.4) is 0 Å². The SMILES string of the molecule is CCNC(=NCc1ccc(C)cc1C)NCCOCCOC. The van der Waals surface area contributed by atoms with Gasteiger partial charge in [0.1, 0.15) is 0 Å². The van der Waals surface area contributed by atoms with Crippen molar-refractivity contribution in [2.24, 2.45) is 4.99 Å². The topological polar surface area (TPSA) is 54.9 Å². The fourth-order valence-corrected chi connectivity index (χ4v) is 2.02. The molecule has 1 aromatic rings. The van der Waals surface area contributed by atoms with Crippen LogP contribution in [0.2, 0.25) is 0 Å². The molecule has 0 heterocycles. The van der Waals surface area contributed by atoms with Crippen molar-refractivity contribution in [3.05, 3.63) is 34.9 Å². The Morgan fingerprint density at radius 3 is 2.64 bits per heavy atom. The maximum absolute atomic E-state index is 5.43. The first-order valence-corrected chi connectivity index (χ1v) is 7.82. The first-order chi connectivity index (χ1) is 10.7. The van der Waals surface area contributed by atoms with Gasteiger partial charge in [0.25, 0.3) is 0 Å². The molecule has 22 heavy (non-hydrogen) atoms. The highest BCUT2D eigenvalue weighted by atomic mass is 16.5. The molecular weight excluding hydrogens is 278 g/mol. The lowest BCUT2D eigenvalue weighted by molar-refractivity contribution is 0.0733. The Kier molecular flexibility index (Phi) is 9.26. The summed E-state index contributed by atoms with van der Waals surface area (Å²) < 4.78 is 10.4. The van der Waals surface area contributed by atoms with E-state index in [1.165, 1.54) is 16.7 Å². The zero-order valence-electron chi connectivity index (χ0n) is 14.2. The summed E-state index contributed by atoms with van der Waals surface area (Å²) in [6, 6.07) is 6.46. The average molecular weight is 307 g/mol. The minimum Gasteiger partial charge on any atom is -0.382 e. The number of aliphatic imine (C=N–C) groups is 1. The first-order valence-electron chi connectivity index (χ1n) is 7.82. The van der Waals surface area contributed by atoms with Crippen LogP contribution in [0.4, 0.5) is 0 Å². The van der Waals surface area contributed by atoms with E-state index in [0.717, 1.165) is 19.0 Å². The van der Waals surface area contributed by atoms with Crippen LogP contribution in [-0.4, -0.2) is 46.0 Å². The van der Waals surface area contributed by atoms with E-state index >= 15 is 0 Å². The number of rotatable bonds is 9. The van der Waals surface area contributed by atoms with Crippen molar-refractivity contribution in [3.8, 4) is 0 Å². The standard InChI is InChI=1S/C17H29N3O2/c1-5-18-17(19-8-9-22-11-10-21-4)20-13-16-7-6-14(2)12-15(16)3/h6-7,12H,5,8-11,13H2,1-4H3,(H2,18,19,20). The van der Waals surface area contributed by atoms with Gasteiger partial charge in [-0.25, -0.2) is 4.99 Å². The van der Waals surface area contributed by atoms with Crippen molar-refractivity contribution in [3.63, 3.8) is 0 Å². The Hall–Kier alpha value is -1.59. The monoisotopic (exact) mass is 307 g/mol. The summed E-state index contributed by atoms with van der Waals surface area (Å²) in [4.78, 5) is 4.62. The van der Waals surface area contributed by atoms with E-state index in [2.05, 4.69) is 54.6 Å². The number of ether oxygens (including phenoxy) is 2. The molecule has 124 valence electrons. The summed E-state index contributed by atoms with van der Waals surface area (Å²) in [5.74, 6) is 0.817. The zero-order chi connectivity index (χ0) is 16.2. The highest BCUT2D eigenvalue weighted by Crippen LogP contribution is 2.11. The molecule has 0 atom stereocenters.